The molecule has 0 saturated carbocycles. The van der Waals surface area contributed by atoms with E-state index in [4.69, 9.17) is 9.47 Å². The summed E-state index contributed by atoms with van der Waals surface area (Å²) >= 11 is 0. The molecule has 0 atom stereocenters. The smallest absolute Gasteiger partial charge is 0.270 e. The van der Waals surface area contributed by atoms with Crippen LogP contribution in [0.15, 0.2) is 54.7 Å². The highest BCUT2D eigenvalue weighted by Crippen LogP contribution is 2.32. The molecule has 0 saturated heterocycles. The molecule has 0 fully saturated rings. The Hall–Kier alpha value is -3.68. The van der Waals surface area contributed by atoms with Gasteiger partial charge in [-0.15, -0.1) is 0 Å². The summed E-state index contributed by atoms with van der Waals surface area (Å²) in [5.41, 5.74) is 1.58. The molecule has 0 spiro atoms. The summed E-state index contributed by atoms with van der Waals surface area (Å²) in [6.07, 6.45) is 1.48. The molecule has 2 N–H and O–H groups in total. The molecule has 0 radical (unpaired) electrons. The number of carbonyl (C=O) groups is 1. The fourth-order valence-corrected chi connectivity index (χ4v) is 2.71. The average Bonchev–Trinajstić information content (AvgIpc) is 3.19. The van der Waals surface area contributed by atoms with E-state index in [1.165, 1.54) is 18.3 Å². The van der Waals surface area contributed by atoms with Gasteiger partial charge in [0.1, 0.15) is 11.5 Å². The third-order valence-electron chi connectivity index (χ3n) is 4.17. The Morgan fingerprint density at radius 3 is 2.82 bits per heavy atom. The zero-order valence-electron chi connectivity index (χ0n) is 14.8. The van der Waals surface area contributed by atoms with Crippen LogP contribution in [0.25, 0.3) is 0 Å². The molecule has 142 valence electrons. The van der Waals surface area contributed by atoms with Gasteiger partial charge in [-0.25, -0.2) is 14.4 Å². The fraction of sp³-hybridized carbons (Fsp3) is 0.150. The van der Waals surface area contributed by atoms with E-state index in [1.54, 1.807) is 24.3 Å². The van der Waals surface area contributed by atoms with Crippen molar-refractivity contribution < 1.29 is 18.7 Å². The van der Waals surface area contributed by atoms with E-state index in [-0.39, 0.29) is 36.7 Å². The number of hydrogen-bond acceptors (Lipinski definition) is 6. The molecule has 1 aliphatic rings. The Bertz CT molecular complexity index is 1010. The van der Waals surface area contributed by atoms with E-state index in [2.05, 4.69) is 20.6 Å². The monoisotopic (exact) mass is 380 g/mol. The van der Waals surface area contributed by atoms with E-state index in [1.807, 2.05) is 12.1 Å². The first-order chi connectivity index (χ1) is 13.7. The molecule has 4 rings (SSSR count). The lowest BCUT2D eigenvalue weighted by molar-refractivity contribution is 0.0945. The number of nitrogens with zero attached hydrogens (tertiary/aromatic N) is 2. The van der Waals surface area contributed by atoms with Crippen LogP contribution in [0.1, 0.15) is 21.6 Å². The highest BCUT2D eigenvalue weighted by atomic mass is 19.1. The lowest BCUT2D eigenvalue weighted by Gasteiger charge is -2.08. The summed E-state index contributed by atoms with van der Waals surface area (Å²) in [5, 5.41) is 5.73. The second-order valence-corrected chi connectivity index (χ2v) is 6.08. The second-order valence-electron chi connectivity index (χ2n) is 6.08. The number of halogens is 1. The van der Waals surface area contributed by atoms with Gasteiger partial charge in [0.2, 0.25) is 12.7 Å². The van der Waals surface area contributed by atoms with Crippen molar-refractivity contribution >= 4 is 11.9 Å². The highest BCUT2D eigenvalue weighted by Gasteiger charge is 2.14. The molecular weight excluding hydrogens is 363 g/mol. The van der Waals surface area contributed by atoms with E-state index in [9.17, 15) is 9.18 Å². The minimum absolute atomic E-state index is 0.203. The van der Waals surface area contributed by atoms with Gasteiger partial charge in [-0.3, -0.25) is 4.79 Å². The normalized spacial score (nSPS) is 11.9. The molecule has 2 aromatic carbocycles. The van der Waals surface area contributed by atoms with Gasteiger partial charge in [0.05, 0.1) is 0 Å². The van der Waals surface area contributed by atoms with Crippen molar-refractivity contribution in [2.45, 2.75) is 13.1 Å². The Morgan fingerprint density at radius 1 is 1.07 bits per heavy atom. The number of amides is 1. The van der Waals surface area contributed by atoms with Crippen LogP contribution in [0, 0.1) is 5.82 Å². The van der Waals surface area contributed by atoms with Crippen LogP contribution in [-0.4, -0.2) is 22.7 Å². The topological polar surface area (TPSA) is 85.4 Å². The molecule has 1 amide bonds. The zero-order valence-corrected chi connectivity index (χ0v) is 14.8. The van der Waals surface area contributed by atoms with Crippen LogP contribution in [0.3, 0.4) is 0 Å². The lowest BCUT2D eigenvalue weighted by atomic mass is 10.2. The quantitative estimate of drug-likeness (QED) is 0.684. The molecule has 1 aliphatic heterocycles. The number of rotatable bonds is 6. The molecular formula is C20H17FN4O3. The molecule has 8 heteroatoms. The summed E-state index contributed by atoms with van der Waals surface area (Å²) in [6, 6.07) is 13.4. The minimum atomic E-state index is -0.339. The highest BCUT2D eigenvalue weighted by molar-refractivity contribution is 5.92. The van der Waals surface area contributed by atoms with E-state index in [0.29, 0.717) is 23.6 Å². The number of anilines is 1. The van der Waals surface area contributed by atoms with Crippen molar-refractivity contribution in [1.29, 1.82) is 0 Å². The molecule has 2 heterocycles. The maximum Gasteiger partial charge on any atom is 0.270 e. The summed E-state index contributed by atoms with van der Waals surface area (Å²) in [7, 11) is 0. The van der Waals surface area contributed by atoms with Gasteiger partial charge >= 0.3 is 0 Å². The number of ether oxygens (including phenoxy) is 2. The number of fused-ring (bicyclic) bond motifs is 1. The predicted octanol–water partition coefficient (Wildman–Crippen LogP) is 2.89. The number of aromatic nitrogens is 2. The molecule has 0 aliphatic carbocycles. The standard InChI is InChI=1S/C20H17FN4O3/c21-15-4-2-1-3-14(15)11-24-20-22-8-7-16(25-20)19(26)23-10-13-5-6-17-18(9-13)28-12-27-17/h1-9H,10-12H2,(H,23,26)(H,22,24,25). The Kier molecular flexibility index (Phi) is 5.01. The van der Waals surface area contributed by atoms with Gasteiger partial charge in [0, 0.05) is 24.8 Å². The molecule has 0 bridgehead atoms. The van der Waals surface area contributed by atoms with Crippen LogP contribution >= 0.6 is 0 Å². The summed E-state index contributed by atoms with van der Waals surface area (Å²) in [5.74, 6) is 0.950. The van der Waals surface area contributed by atoms with E-state index < -0.39 is 0 Å². The van der Waals surface area contributed by atoms with Crippen LogP contribution in [-0.2, 0) is 13.1 Å². The van der Waals surface area contributed by atoms with Crippen molar-refractivity contribution in [2.24, 2.45) is 0 Å². The van der Waals surface area contributed by atoms with Crippen molar-refractivity contribution in [2.75, 3.05) is 12.1 Å². The third kappa shape index (κ3) is 4.01. The maximum absolute atomic E-state index is 13.7. The molecule has 28 heavy (non-hydrogen) atoms. The number of carbonyl (C=O) groups excluding carboxylic acids is 1. The van der Waals surface area contributed by atoms with E-state index in [0.717, 1.165) is 5.56 Å². The van der Waals surface area contributed by atoms with Gasteiger partial charge < -0.3 is 20.1 Å². The van der Waals surface area contributed by atoms with Crippen LogP contribution in [0.4, 0.5) is 10.3 Å². The van der Waals surface area contributed by atoms with Crippen molar-refractivity contribution in [3.8, 4) is 11.5 Å². The van der Waals surface area contributed by atoms with Crippen molar-refractivity contribution in [1.82, 2.24) is 15.3 Å². The van der Waals surface area contributed by atoms with Crippen molar-refractivity contribution in [3.63, 3.8) is 0 Å². The predicted molar refractivity (Wildman–Crippen MR) is 99.5 cm³/mol. The van der Waals surface area contributed by atoms with Crippen LogP contribution in [0.5, 0.6) is 11.5 Å². The number of nitrogens with one attached hydrogen (secondary N) is 2. The Labute approximate surface area is 160 Å². The summed E-state index contributed by atoms with van der Waals surface area (Å²) in [6.45, 7) is 0.737. The second kappa shape index (κ2) is 7.91. The third-order valence-corrected chi connectivity index (χ3v) is 4.17. The molecule has 7 nitrogen and oxygen atoms in total. The van der Waals surface area contributed by atoms with E-state index >= 15 is 0 Å². The first-order valence-electron chi connectivity index (χ1n) is 8.66. The number of hydrogen-bond donors (Lipinski definition) is 2. The molecule has 3 aromatic rings. The first kappa shape index (κ1) is 17.7. The van der Waals surface area contributed by atoms with Gasteiger partial charge in [0.15, 0.2) is 11.5 Å². The van der Waals surface area contributed by atoms with Gasteiger partial charge in [0.25, 0.3) is 5.91 Å². The largest absolute Gasteiger partial charge is 0.454 e. The summed E-state index contributed by atoms with van der Waals surface area (Å²) in [4.78, 5) is 20.6. The minimum Gasteiger partial charge on any atom is -0.454 e. The maximum atomic E-state index is 13.7. The van der Waals surface area contributed by atoms with Crippen LogP contribution < -0.4 is 20.1 Å². The fourth-order valence-electron chi connectivity index (χ4n) is 2.71. The zero-order chi connectivity index (χ0) is 19.3. The molecule has 0 unspecified atom stereocenters. The average molecular weight is 380 g/mol. The Morgan fingerprint density at radius 2 is 1.93 bits per heavy atom. The lowest BCUT2D eigenvalue weighted by Crippen LogP contribution is -2.24. The van der Waals surface area contributed by atoms with Crippen molar-refractivity contribution in [3.05, 3.63) is 77.4 Å². The molecule has 1 aromatic heterocycles. The van der Waals surface area contributed by atoms with Gasteiger partial charge in [-0.1, -0.05) is 24.3 Å². The SMILES string of the molecule is O=C(NCc1ccc2c(c1)OCO2)c1ccnc(NCc2ccccc2F)n1. The first-order valence-corrected chi connectivity index (χ1v) is 8.66. The van der Waals surface area contributed by atoms with Gasteiger partial charge in [-0.05, 0) is 29.8 Å². The number of benzene rings is 2. The summed E-state index contributed by atoms with van der Waals surface area (Å²) < 4.78 is 24.3. The Balaban J connectivity index is 1.37. The van der Waals surface area contributed by atoms with Gasteiger partial charge in [-0.2, -0.15) is 0 Å². The van der Waals surface area contributed by atoms with Crippen LogP contribution in [0.2, 0.25) is 0 Å².